The first-order valence-electron chi connectivity index (χ1n) is 7.18. The molecule has 0 saturated carbocycles. The molecule has 0 amide bonds. The van der Waals surface area contributed by atoms with Crippen LogP contribution in [-0.4, -0.2) is 26.2 Å². The summed E-state index contributed by atoms with van der Waals surface area (Å²) in [5.41, 5.74) is 0. The van der Waals surface area contributed by atoms with E-state index in [4.69, 9.17) is 27.9 Å². The maximum atomic E-state index is 6.07. The zero-order chi connectivity index (χ0) is 13.5. The van der Waals surface area contributed by atoms with Crippen molar-refractivity contribution < 1.29 is 9.64 Å². The third kappa shape index (κ3) is 4.87. The van der Waals surface area contributed by atoms with Crippen molar-refractivity contribution in [1.82, 2.24) is 0 Å². The molecule has 1 aliphatic rings. The third-order valence-electron chi connectivity index (χ3n) is 3.66. The second kappa shape index (κ2) is 7.98. The van der Waals surface area contributed by atoms with E-state index >= 15 is 0 Å². The number of rotatable bonds is 6. The van der Waals surface area contributed by atoms with Crippen LogP contribution in [0.2, 0.25) is 10.0 Å². The van der Waals surface area contributed by atoms with Crippen molar-refractivity contribution in [3.05, 3.63) is 28.2 Å². The highest BCUT2D eigenvalue weighted by Crippen LogP contribution is 2.31. The lowest BCUT2D eigenvalue weighted by molar-refractivity contribution is -0.905. The average molecular weight is 303 g/mol. The van der Waals surface area contributed by atoms with Crippen LogP contribution >= 0.6 is 23.2 Å². The molecular weight excluding hydrogens is 281 g/mol. The Kier molecular flexibility index (Phi) is 6.29. The van der Waals surface area contributed by atoms with E-state index in [0.717, 1.165) is 6.42 Å². The van der Waals surface area contributed by atoms with Gasteiger partial charge in [0, 0.05) is 0 Å². The Labute approximate surface area is 125 Å². The van der Waals surface area contributed by atoms with Crippen molar-refractivity contribution in [3.63, 3.8) is 0 Å². The molecule has 4 heteroatoms. The van der Waals surface area contributed by atoms with E-state index in [9.17, 15) is 0 Å². The molecule has 1 aromatic rings. The molecule has 106 valence electrons. The van der Waals surface area contributed by atoms with Gasteiger partial charge in [0.25, 0.3) is 0 Å². The maximum absolute atomic E-state index is 6.07. The quantitative estimate of drug-likeness (QED) is 0.797. The summed E-state index contributed by atoms with van der Waals surface area (Å²) < 4.78 is 5.68. The number of unbranched alkanes of at least 4 members (excludes halogenated alkanes) is 1. The van der Waals surface area contributed by atoms with E-state index in [1.54, 1.807) is 11.0 Å². The van der Waals surface area contributed by atoms with Crippen LogP contribution in [0.25, 0.3) is 0 Å². The van der Waals surface area contributed by atoms with Crippen molar-refractivity contribution in [2.24, 2.45) is 0 Å². The molecule has 0 aromatic heterocycles. The molecule has 0 radical (unpaired) electrons. The van der Waals surface area contributed by atoms with Gasteiger partial charge in [0.15, 0.2) is 0 Å². The summed E-state index contributed by atoms with van der Waals surface area (Å²) in [5.74, 6) is 0.694. The summed E-state index contributed by atoms with van der Waals surface area (Å²) in [6, 6.07) is 5.50. The van der Waals surface area contributed by atoms with E-state index in [-0.39, 0.29) is 0 Å². The molecule has 2 nitrogen and oxygen atoms in total. The number of quaternary nitrogens is 1. The SMILES string of the molecule is Clc1cccc(OCCCC[NH+]2CCCCC2)c1Cl. The Morgan fingerprint density at radius 2 is 1.84 bits per heavy atom. The Morgan fingerprint density at radius 3 is 2.63 bits per heavy atom. The lowest BCUT2D eigenvalue weighted by Crippen LogP contribution is -3.12. The fourth-order valence-electron chi connectivity index (χ4n) is 2.56. The van der Waals surface area contributed by atoms with Gasteiger partial charge < -0.3 is 9.64 Å². The fraction of sp³-hybridized carbons (Fsp3) is 0.600. The Hall–Kier alpha value is -0.440. The minimum atomic E-state index is 0.519. The zero-order valence-electron chi connectivity index (χ0n) is 11.3. The van der Waals surface area contributed by atoms with Gasteiger partial charge in [0.1, 0.15) is 10.8 Å². The highest BCUT2D eigenvalue weighted by molar-refractivity contribution is 6.42. The highest BCUT2D eigenvalue weighted by atomic mass is 35.5. The lowest BCUT2D eigenvalue weighted by atomic mass is 10.1. The first kappa shape index (κ1) is 15.0. The Morgan fingerprint density at radius 1 is 1.05 bits per heavy atom. The van der Waals surface area contributed by atoms with Gasteiger partial charge in [-0.1, -0.05) is 29.3 Å². The predicted molar refractivity (Wildman–Crippen MR) is 80.6 cm³/mol. The number of piperidine rings is 1. The molecule has 0 bridgehead atoms. The van der Waals surface area contributed by atoms with E-state index in [0.29, 0.717) is 22.4 Å². The summed E-state index contributed by atoms with van der Waals surface area (Å²) in [4.78, 5) is 1.76. The number of hydrogen-bond acceptors (Lipinski definition) is 1. The standard InChI is InChI=1S/C15H21Cl2NO/c16-13-7-6-8-14(15(13)17)19-12-5-4-11-18-9-2-1-3-10-18/h6-8H,1-5,9-12H2/p+1. The van der Waals surface area contributed by atoms with Crippen molar-refractivity contribution in [3.8, 4) is 5.75 Å². The Balaban J connectivity index is 1.62. The van der Waals surface area contributed by atoms with Crippen molar-refractivity contribution in [1.29, 1.82) is 0 Å². The maximum Gasteiger partial charge on any atom is 0.139 e. The number of benzene rings is 1. The summed E-state index contributed by atoms with van der Waals surface area (Å²) in [6.07, 6.45) is 6.49. The van der Waals surface area contributed by atoms with Gasteiger partial charge in [-0.2, -0.15) is 0 Å². The van der Waals surface area contributed by atoms with Gasteiger partial charge in [-0.05, 0) is 44.2 Å². The highest BCUT2D eigenvalue weighted by Gasteiger charge is 2.12. The smallest absolute Gasteiger partial charge is 0.139 e. The van der Waals surface area contributed by atoms with Crippen LogP contribution in [0.3, 0.4) is 0 Å². The van der Waals surface area contributed by atoms with Crippen LogP contribution in [0.5, 0.6) is 5.75 Å². The first-order valence-corrected chi connectivity index (χ1v) is 7.93. The van der Waals surface area contributed by atoms with Crippen LogP contribution in [0.4, 0.5) is 0 Å². The van der Waals surface area contributed by atoms with Crippen LogP contribution in [0.15, 0.2) is 18.2 Å². The second-order valence-corrected chi connectivity index (χ2v) is 5.95. The number of likely N-dealkylation sites (tertiary alicyclic amines) is 1. The molecular formula is C15H22Cl2NO+. The third-order valence-corrected chi connectivity index (χ3v) is 4.46. The van der Waals surface area contributed by atoms with E-state index in [1.165, 1.54) is 45.3 Å². The lowest BCUT2D eigenvalue weighted by Gasteiger charge is -2.23. The average Bonchev–Trinajstić information content (AvgIpc) is 2.44. The molecule has 0 spiro atoms. The second-order valence-electron chi connectivity index (χ2n) is 5.17. The molecule has 19 heavy (non-hydrogen) atoms. The summed E-state index contributed by atoms with van der Waals surface area (Å²) in [6.45, 7) is 4.68. The monoisotopic (exact) mass is 302 g/mol. The van der Waals surface area contributed by atoms with Crippen LogP contribution < -0.4 is 9.64 Å². The van der Waals surface area contributed by atoms with Crippen molar-refractivity contribution in [2.45, 2.75) is 32.1 Å². The molecule has 1 heterocycles. The molecule has 1 N–H and O–H groups in total. The molecule has 1 saturated heterocycles. The number of nitrogens with one attached hydrogen (secondary N) is 1. The van der Waals surface area contributed by atoms with Crippen molar-refractivity contribution in [2.75, 3.05) is 26.2 Å². The van der Waals surface area contributed by atoms with Gasteiger partial charge in [-0.15, -0.1) is 0 Å². The minimum Gasteiger partial charge on any atom is -0.492 e. The largest absolute Gasteiger partial charge is 0.492 e. The number of hydrogen-bond donors (Lipinski definition) is 1. The number of ether oxygens (including phenoxy) is 1. The minimum absolute atomic E-state index is 0.519. The van der Waals surface area contributed by atoms with E-state index < -0.39 is 0 Å². The molecule has 0 unspecified atom stereocenters. The van der Waals surface area contributed by atoms with Crippen LogP contribution in [-0.2, 0) is 0 Å². The van der Waals surface area contributed by atoms with Crippen LogP contribution in [0.1, 0.15) is 32.1 Å². The van der Waals surface area contributed by atoms with Crippen molar-refractivity contribution >= 4 is 23.2 Å². The zero-order valence-corrected chi connectivity index (χ0v) is 12.8. The molecule has 1 fully saturated rings. The van der Waals surface area contributed by atoms with E-state index in [2.05, 4.69) is 0 Å². The normalized spacial score (nSPS) is 16.5. The predicted octanol–water partition coefficient (Wildman–Crippen LogP) is 3.22. The molecule has 2 rings (SSSR count). The molecule has 0 aliphatic carbocycles. The summed E-state index contributed by atoms with van der Waals surface area (Å²) >= 11 is 12.0. The summed E-state index contributed by atoms with van der Waals surface area (Å²) in [5, 5.41) is 1.07. The molecule has 0 atom stereocenters. The van der Waals surface area contributed by atoms with E-state index in [1.807, 2.05) is 12.1 Å². The molecule has 1 aliphatic heterocycles. The van der Waals surface area contributed by atoms with Gasteiger partial charge in [-0.3, -0.25) is 0 Å². The van der Waals surface area contributed by atoms with Gasteiger partial charge in [0.05, 0.1) is 31.3 Å². The topological polar surface area (TPSA) is 13.7 Å². The fourth-order valence-corrected chi connectivity index (χ4v) is 2.90. The summed E-state index contributed by atoms with van der Waals surface area (Å²) in [7, 11) is 0. The van der Waals surface area contributed by atoms with Crippen LogP contribution in [0, 0.1) is 0 Å². The number of halogens is 2. The Bertz CT molecular complexity index is 392. The first-order chi connectivity index (χ1) is 9.27. The molecule has 1 aromatic carbocycles. The van der Waals surface area contributed by atoms with Gasteiger partial charge in [0.2, 0.25) is 0 Å². The van der Waals surface area contributed by atoms with Gasteiger partial charge in [-0.25, -0.2) is 0 Å². The van der Waals surface area contributed by atoms with Gasteiger partial charge >= 0.3 is 0 Å².